The molecule has 0 aliphatic rings. The monoisotopic (exact) mass is 491 g/mol. The number of nitrogens with one attached hydrogen (secondary N) is 3. The van der Waals surface area contributed by atoms with Crippen molar-refractivity contribution in [2.24, 2.45) is 0 Å². The molecule has 1 amide bonds. The molecule has 3 aromatic rings. The average Bonchev–Trinajstić information content (AvgIpc) is 2.80. The third kappa shape index (κ3) is 6.88. The normalized spacial score (nSPS) is 11.6. The average molecular weight is 491 g/mol. The second kappa shape index (κ2) is 11.8. The number of aromatic nitrogens is 2. The number of hydrogen-bond acceptors (Lipinski definition) is 6. The molecule has 1 aromatic heterocycles. The Morgan fingerprint density at radius 1 is 1.06 bits per heavy atom. The summed E-state index contributed by atoms with van der Waals surface area (Å²) in [7, 11) is 0.365. The van der Waals surface area contributed by atoms with Crippen LogP contribution in [-0.4, -0.2) is 29.0 Å². The van der Waals surface area contributed by atoms with Crippen LogP contribution < -0.4 is 16.0 Å². The quantitative estimate of drug-likeness (QED) is 0.243. The molecule has 0 aliphatic carbocycles. The van der Waals surface area contributed by atoms with Gasteiger partial charge in [-0.05, 0) is 43.7 Å². The van der Waals surface area contributed by atoms with Crippen LogP contribution in [0.3, 0.4) is 0 Å². The molecule has 0 radical (unpaired) electrons. The highest BCUT2D eigenvalue weighted by Gasteiger charge is 2.35. The van der Waals surface area contributed by atoms with Gasteiger partial charge in [-0.2, -0.15) is 18.2 Å². The molecule has 2 aromatic carbocycles. The van der Waals surface area contributed by atoms with E-state index in [-0.39, 0.29) is 17.2 Å². The van der Waals surface area contributed by atoms with Crippen molar-refractivity contribution >= 4 is 37.9 Å². The first-order valence-corrected chi connectivity index (χ1v) is 11.7. The van der Waals surface area contributed by atoms with Crippen molar-refractivity contribution in [3.63, 3.8) is 0 Å². The maximum Gasteiger partial charge on any atom is 0.421 e. The number of rotatable bonds is 10. The van der Waals surface area contributed by atoms with Gasteiger partial charge in [-0.3, -0.25) is 4.79 Å². The second-order valence-corrected chi connectivity index (χ2v) is 7.99. The first-order valence-electron chi connectivity index (χ1n) is 10.6. The lowest BCUT2D eigenvalue weighted by Gasteiger charge is -2.16. The summed E-state index contributed by atoms with van der Waals surface area (Å²) in [6.07, 6.45) is -3.20. The molecule has 11 heteroatoms. The Bertz CT molecular complexity index is 1110. The van der Waals surface area contributed by atoms with Gasteiger partial charge >= 0.3 is 6.18 Å². The van der Waals surface area contributed by atoms with E-state index in [4.69, 9.17) is 4.52 Å². The molecule has 0 fully saturated rings. The van der Waals surface area contributed by atoms with Gasteiger partial charge < -0.3 is 20.5 Å². The van der Waals surface area contributed by atoms with Crippen molar-refractivity contribution in [2.45, 2.75) is 26.2 Å². The number of halogens is 3. The van der Waals surface area contributed by atoms with E-state index in [0.717, 1.165) is 11.7 Å². The van der Waals surface area contributed by atoms with Crippen LogP contribution in [0, 0.1) is 0 Å². The van der Waals surface area contributed by atoms with Crippen LogP contribution in [-0.2, 0) is 16.9 Å². The van der Waals surface area contributed by atoms with E-state index in [1.54, 1.807) is 31.2 Å². The SMILES string of the molecule is CCNC(=O)c1ccccc1Nc1nc(Nc2ccc(CPOCC)cc2)ncc1C(F)(F)F. The molecule has 180 valence electrons. The van der Waals surface area contributed by atoms with E-state index >= 15 is 0 Å². The molecule has 34 heavy (non-hydrogen) atoms. The maximum atomic E-state index is 13.6. The number of alkyl halides is 3. The minimum Gasteiger partial charge on any atom is -0.362 e. The van der Waals surface area contributed by atoms with Gasteiger partial charge in [0.25, 0.3) is 5.91 Å². The summed E-state index contributed by atoms with van der Waals surface area (Å²) in [4.78, 5) is 20.2. The zero-order valence-electron chi connectivity index (χ0n) is 18.7. The number of nitrogens with zero attached hydrogens (tertiary/aromatic N) is 2. The van der Waals surface area contributed by atoms with Crippen molar-refractivity contribution in [1.29, 1.82) is 0 Å². The molecule has 0 bridgehead atoms. The van der Waals surface area contributed by atoms with Crippen LogP contribution in [0.15, 0.2) is 54.7 Å². The number of benzene rings is 2. The fraction of sp³-hybridized carbons (Fsp3) is 0.261. The van der Waals surface area contributed by atoms with Crippen LogP contribution in [0.1, 0.15) is 35.3 Å². The second-order valence-electron chi connectivity index (χ2n) is 7.06. The van der Waals surface area contributed by atoms with E-state index in [1.165, 1.54) is 12.1 Å². The summed E-state index contributed by atoms with van der Waals surface area (Å²) in [5, 5.41) is 8.23. The molecule has 0 saturated carbocycles. The summed E-state index contributed by atoms with van der Waals surface area (Å²) in [5.74, 6) is -0.886. The Hall–Kier alpha value is -3.23. The van der Waals surface area contributed by atoms with Crippen molar-refractivity contribution in [3.8, 4) is 0 Å². The minimum absolute atomic E-state index is 0.0186. The lowest BCUT2D eigenvalue weighted by Crippen LogP contribution is -2.23. The topological polar surface area (TPSA) is 88.2 Å². The highest BCUT2D eigenvalue weighted by atomic mass is 31.1. The fourth-order valence-electron chi connectivity index (χ4n) is 2.99. The molecule has 0 aliphatic heterocycles. The Labute approximate surface area is 197 Å². The van der Waals surface area contributed by atoms with Gasteiger partial charge in [-0.1, -0.05) is 24.3 Å². The molecule has 1 unspecified atom stereocenters. The Morgan fingerprint density at radius 2 is 1.79 bits per heavy atom. The van der Waals surface area contributed by atoms with Crippen LogP contribution >= 0.6 is 8.81 Å². The molecule has 3 rings (SSSR count). The summed E-state index contributed by atoms with van der Waals surface area (Å²) in [5.41, 5.74) is 1.06. The lowest BCUT2D eigenvalue weighted by molar-refractivity contribution is -0.137. The smallest absolute Gasteiger partial charge is 0.362 e. The van der Waals surface area contributed by atoms with Gasteiger partial charge in [0, 0.05) is 40.0 Å². The van der Waals surface area contributed by atoms with Gasteiger partial charge in [0.05, 0.1) is 11.3 Å². The number of para-hydroxylation sites is 1. The molecule has 7 nitrogen and oxygen atoms in total. The summed E-state index contributed by atoms with van der Waals surface area (Å²) < 4.78 is 46.3. The largest absolute Gasteiger partial charge is 0.421 e. The highest BCUT2D eigenvalue weighted by molar-refractivity contribution is 7.31. The summed E-state index contributed by atoms with van der Waals surface area (Å²) in [6, 6.07) is 13.7. The standard InChI is InChI=1S/C23H25F3N5O2P/c1-3-27-21(32)17-7-5-6-8-19(17)30-20-18(23(24,25)26)13-28-22(31-20)29-16-11-9-15(10-12-16)14-34-33-4-2/h5-13,34H,3-4,14H2,1-2H3,(H,27,32)(H2,28,29,30,31). The Morgan fingerprint density at radius 3 is 2.47 bits per heavy atom. The number of amides is 1. The number of carbonyl (C=O) groups is 1. The van der Waals surface area contributed by atoms with Crippen molar-refractivity contribution < 1.29 is 22.5 Å². The lowest BCUT2D eigenvalue weighted by atomic mass is 10.1. The van der Waals surface area contributed by atoms with E-state index in [0.29, 0.717) is 33.8 Å². The Balaban J connectivity index is 1.86. The van der Waals surface area contributed by atoms with E-state index in [1.807, 2.05) is 19.1 Å². The minimum atomic E-state index is -4.69. The van der Waals surface area contributed by atoms with Crippen molar-refractivity contribution in [1.82, 2.24) is 15.3 Å². The van der Waals surface area contributed by atoms with Crippen LogP contribution in [0.2, 0.25) is 0 Å². The van der Waals surface area contributed by atoms with Crippen LogP contribution in [0.25, 0.3) is 0 Å². The van der Waals surface area contributed by atoms with E-state index < -0.39 is 23.5 Å². The predicted octanol–water partition coefficient (Wildman–Crippen LogP) is 5.86. The molecule has 1 heterocycles. The first-order chi connectivity index (χ1) is 16.3. The molecule has 1 atom stereocenters. The first kappa shape index (κ1) is 25.4. The van der Waals surface area contributed by atoms with Crippen LogP contribution in [0.5, 0.6) is 0 Å². The zero-order valence-corrected chi connectivity index (χ0v) is 19.7. The van der Waals surface area contributed by atoms with Gasteiger partial charge in [0.15, 0.2) is 0 Å². The Kier molecular flexibility index (Phi) is 8.79. The van der Waals surface area contributed by atoms with E-state index in [9.17, 15) is 18.0 Å². The van der Waals surface area contributed by atoms with Crippen LogP contribution in [0.4, 0.5) is 36.3 Å². The molecule has 0 saturated heterocycles. The zero-order chi connectivity index (χ0) is 24.6. The van der Waals surface area contributed by atoms with E-state index in [2.05, 4.69) is 25.9 Å². The summed E-state index contributed by atoms with van der Waals surface area (Å²) >= 11 is 0. The molecule has 3 N–H and O–H groups in total. The van der Waals surface area contributed by atoms with Gasteiger partial charge in [0.1, 0.15) is 11.4 Å². The molecule has 0 spiro atoms. The fourth-order valence-corrected chi connectivity index (χ4v) is 3.70. The molecular weight excluding hydrogens is 466 g/mol. The van der Waals surface area contributed by atoms with Crippen molar-refractivity contribution in [2.75, 3.05) is 23.8 Å². The summed E-state index contributed by atoms with van der Waals surface area (Å²) in [6.45, 7) is 4.73. The number of anilines is 4. The highest BCUT2D eigenvalue weighted by Crippen LogP contribution is 2.36. The van der Waals surface area contributed by atoms with Crippen molar-refractivity contribution in [3.05, 3.63) is 71.4 Å². The third-order valence-electron chi connectivity index (χ3n) is 4.59. The van der Waals surface area contributed by atoms with Gasteiger partial charge in [-0.25, -0.2) is 4.98 Å². The number of carbonyl (C=O) groups excluding carboxylic acids is 1. The van der Waals surface area contributed by atoms with Gasteiger partial charge in [0.2, 0.25) is 5.95 Å². The third-order valence-corrected chi connectivity index (χ3v) is 5.63. The van der Waals surface area contributed by atoms with Gasteiger partial charge in [-0.15, -0.1) is 0 Å². The number of hydrogen-bond donors (Lipinski definition) is 3. The molecular formula is C23H25F3N5O2P. The maximum absolute atomic E-state index is 13.6. The predicted molar refractivity (Wildman–Crippen MR) is 128 cm³/mol.